The molecule has 1 aliphatic heterocycles. The van der Waals surface area contributed by atoms with Crippen LogP contribution < -0.4 is 15.5 Å². The molecular weight excluding hydrogens is 476 g/mol. The molecule has 1 aromatic heterocycles. The van der Waals surface area contributed by atoms with Crippen molar-refractivity contribution in [3.63, 3.8) is 0 Å². The SMILES string of the molecule is C=CC(=O)NCCCC[C@H](NC(=O)Cc1ccccc1)C(=O)N1CCN(c2ccc([N+](=O)[O-])nc2)CC1. The number of aromatic nitrogens is 1. The van der Waals surface area contributed by atoms with Crippen LogP contribution >= 0.6 is 0 Å². The van der Waals surface area contributed by atoms with Gasteiger partial charge in [0, 0.05) is 38.8 Å². The average molecular weight is 509 g/mol. The topological polar surface area (TPSA) is 138 Å². The first-order chi connectivity index (χ1) is 17.9. The van der Waals surface area contributed by atoms with Crippen LogP contribution in [0.15, 0.2) is 61.3 Å². The Bertz CT molecular complexity index is 1080. The summed E-state index contributed by atoms with van der Waals surface area (Å²) in [6.45, 7) is 5.89. The first-order valence-electron chi connectivity index (χ1n) is 12.2. The van der Waals surface area contributed by atoms with Crippen molar-refractivity contribution in [1.29, 1.82) is 0 Å². The first kappa shape index (κ1) is 27.3. The Hall–Kier alpha value is -4.28. The monoisotopic (exact) mass is 508 g/mol. The highest BCUT2D eigenvalue weighted by atomic mass is 16.6. The van der Waals surface area contributed by atoms with Crippen LogP contribution in [-0.2, 0) is 20.8 Å². The van der Waals surface area contributed by atoms with Crippen molar-refractivity contribution in [2.24, 2.45) is 0 Å². The molecule has 3 amide bonds. The molecule has 1 fully saturated rings. The molecule has 3 rings (SSSR count). The molecule has 11 heteroatoms. The molecule has 0 saturated carbocycles. The van der Waals surface area contributed by atoms with Gasteiger partial charge in [-0.15, -0.1) is 0 Å². The van der Waals surface area contributed by atoms with Crippen LogP contribution in [0.1, 0.15) is 24.8 Å². The summed E-state index contributed by atoms with van der Waals surface area (Å²) in [6.07, 6.45) is 4.62. The molecule has 1 saturated heterocycles. The van der Waals surface area contributed by atoms with Crippen LogP contribution in [-0.4, -0.2) is 71.3 Å². The van der Waals surface area contributed by atoms with Crippen LogP contribution in [0, 0.1) is 10.1 Å². The number of nitrogens with one attached hydrogen (secondary N) is 2. The molecule has 11 nitrogen and oxygen atoms in total. The molecule has 2 heterocycles. The minimum absolute atomic E-state index is 0.141. The number of nitrogens with zero attached hydrogens (tertiary/aromatic N) is 4. The van der Waals surface area contributed by atoms with E-state index in [0.29, 0.717) is 52.0 Å². The van der Waals surface area contributed by atoms with Crippen molar-refractivity contribution in [2.45, 2.75) is 31.7 Å². The number of piperazine rings is 1. The summed E-state index contributed by atoms with van der Waals surface area (Å²) >= 11 is 0. The van der Waals surface area contributed by atoms with Gasteiger partial charge in [-0.25, -0.2) is 0 Å². The van der Waals surface area contributed by atoms with Crippen molar-refractivity contribution in [1.82, 2.24) is 20.5 Å². The van der Waals surface area contributed by atoms with Gasteiger partial charge in [0.1, 0.15) is 6.04 Å². The van der Waals surface area contributed by atoms with E-state index in [1.165, 1.54) is 18.3 Å². The van der Waals surface area contributed by atoms with Gasteiger partial charge in [0.25, 0.3) is 0 Å². The summed E-state index contributed by atoms with van der Waals surface area (Å²) in [6, 6.07) is 11.7. The lowest BCUT2D eigenvalue weighted by Crippen LogP contribution is -2.55. The predicted octanol–water partition coefficient (Wildman–Crippen LogP) is 1.84. The number of carbonyl (C=O) groups is 3. The van der Waals surface area contributed by atoms with E-state index in [1.54, 1.807) is 11.0 Å². The number of amides is 3. The fraction of sp³-hybridized carbons (Fsp3) is 0.385. The normalized spacial score (nSPS) is 13.9. The first-order valence-corrected chi connectivity index (χ1v) is 12.2. The number of hydrogen-bond donors (Lipinski definition) is 2. The lowest BCUT2D eigenvalue weighted by atomic mass is 10.1. The zero-order chi connectivity index (χ0) is 26.6. The molecule has 2 aromatic rings. The van der Waals surface area contributed by atoms with Crippen molar-refractivity contribution in [3.05, 3.63) is 77.0 Å². The Balaban J connectivity index is 1.57. The summed E-state index contributed by atoms with van der Waals surface area (Å²) in [5.41, 5.74) is 1.62. The fourth-order valence-electron chi connectivity index (χ4n) is 4.12. The van der Waals surface area contributed by atoms with Gasteiger partial charge >= 0.3 is 5.82 Å². The second-order valence-corrected chi connectivity index (χ2v) is 8.72. The molecule has 1 aliphatic rings. The minimum Gasteiger partial charge on any atom is -0.365 e. The molecule has 0 radical (unpaired) electrons. The highest BCUT2D eigenvalue weighted by Gasteiger charge is 2.29. The second kappa shape index (κ2) is 13.7. The third-order valence-electron chi connectivity index (χ3n) is 6.12. The van der Waals surface area contributed by atoms with E-state index < -0.39 is 11.0 Å². The number of benzene rings is 1. The zero-order valence-electron chi connectivity index (χ0n) is 20.7. The van der Waals surface area contributed by atoms with E-state index in [0.717, 1.165) is 11.3 Å². The van der Waals surface area contributed by atoms with Gasteiger partial charge in [-0.05, 0) is 46.9 Å². The van der Waals surface area contributed by atoms with Gasteiger partial charge < -0.3 is 30.5 Å². The highest BCUT2D eigenvalue weighted by Crippen LogP contribution is 2.19. The molecule has 0 aliphatic carbocycles. The summed E-state index contributed by atoms with van der Waals surface area (Å²) in [5.74, 6) is -0.821. The average Bonchev–Trinajstić information content (AvgIpc) is 2.92. The van der Waals surface area contributed by atoms with Crippen LogP contribution in [0.3, 0.4) is 0 Å². The Labute approximate surface area is 215 Å². The lowest BCUT2D eigenvalue weighted by Gasteiger charge is -2.37. The summed E-state index contributed by atoms with van der Waals surface area (Å²) in [4.78, 5) is 55.4. The fourth-order valence-corrected chi connectivity index (χ4v) is 4.12. The van der Waals surface area contributed by atoms with Crippen LogP contribution in [0.4, 0.5) is 11.5 Å². The Morgan fingerprint density at radius 3 is 2.43 bits per heavy atom. The second-order valence-electron chi connectivity index (χ2n) is 8.72. The number of rotatable bonds is 12. The van der Waals surface area contributed by atoms with Gasteiger partial charge in [-0.1, -0.05) is 36.9 Å². The number of hydrogen-bond acceptors (Lipinski definition) is 7. The van der Waals surface area contributed by atoms with Crippen LogP contribution in [0.5, 0.6) is 0 Å². The van der Waals surface area contributed by atoms with Gasteiger partial charge in [-0.3, -0.25) is 14.4 Å². The van der Waals surface area contributed by atoms with Crippen molar-refractivity contribution < 1.29 is 19.3 Å². The van der Waals surface area contributed by atoms with Crippen molar-refractivity contribution >= 4 is 29.2 Å². The van der Waals surface area contributed by atoms with Gasteiger partial charge in [-0.2, -0.15) is 0 Å². The molecule has 0 unspecified atom stereocenters. The third-order valence-corrected chi connectivity index (χ3v) is 6.12. The van der Waals surface area contributed by atoms with Crippen molar-refractivity contribution in [2.75, 3.05) is 37.6 Å². The Morgan fingerprint density at radius 1 is 1.08 bits per heavy atom. The number of anilines is 1. The van der Waals surface area contributed by atoms with E-state index in [1.807, 2.05) is 35.2 Å². The van der Waals surface area contributed by atoms with Gasteiger partial charge in [0.05, 0.1) is 12.1 Å². The van der Waals surface area contributed by atoms with Gasteiger partial charge in [0.15, 0.2) is 6.20 Å². The van der Waals surface area contributed by atoms with Gasteiger partial charge in [0.2, 0.25) is 17.7 Å². The van der Waals surface area contributed by atoms with E-state index in [9.17, 15) is 24.5 Å². The van der Waals surface area contributed by atoms with Crippen LogP contribution in [0.25, 0.3) is 0 Å². The predicted molar refractivity (Wildman–Crippen MR) is 139 cm³/mol. The molecule has 1 atom stereocenters. The molecule has 196 valence electrons. The largest absolute Gasteiger partial charge is 0.365 e. The van der Waals surface area contributed by atoms with E-state index >= 15 is 0 Å². The zero-order valence-corrected chi connectivity index (χ0v) is 20.7. The molecular formula is C26H32N6O5. The van der Waals surface area contributed by atoms with Crippen LogP contribution in [0.2, 0.25) is 0 Å². The molecule has 0 bridgehead atoms. The number of nitro groups is 1. The summed E-state index contributed by atoms with van der Waals surface area (Å²) < 4.78 is 0. The third kappa shape index (κ3) is 8.41. The quantitative estimate of drug-likeness (QED) is 0.193. The lowest BCUT2D eigenvalue weighted by molar-refractivity contribution is -0.389. The van der Waals surface area contributed by atoms with E-state index in [4.69, 9.17) is 0 Å². The summed E-state index contributed by atoms with van der Waals surface area (Å²) in [5, 5.41) is 16.5. The number of unbranched alkanes of at least 4 members (excludes halogenated alkanes) is 1. The minimum atomic E-state index is -0.668. The maximum absolute atomic E-state index is 13.4. The Morgan fingerprint density at radius 2 is 1.81 bits per heavy atom. The molecule has 37 heavy (non-hydrogen) atoms. The highest BCUT2D eigenvalue weighted by molar-refractivity contribution is 5.88. The standard InChI is InChI=1S/C26H32N6O5/c1-2-24(33)27-13-7-6-10-22(29-25(34)18-20-8-4-3-5-9-20)26(35)31-16-14-30(15-17-31)21-11-12-23(28-19-21)32(36)37/h2-5,8-9,11-12,19,22H,1,6-7,10,13-18H2,(H,27,33)(H,29,34)/t22-/m0/s1. The van der Waals surface area contributed by atoms with E-state index in [-0.39, 0.29) is 30.0 Å². The molecule has 1 aromatic carbocycles. The van der Waals surface area contributed by atoms with E-state index in [2.05, 4.69) is 22.2 Å². The maximum atomic E-state index is 13.4. The van der Waals surface area contributed by atoms with Crippen molar-refractivity contribution in [3.8, 4) is 0 Å². The number of pyridine rings is 1. The maximum Gasteiger partial charge on any atom is 0.363 e. The Kier molecular flexibility index (Phi) is 10.1. The summed E-state index contributed by atoms with van der Waals surface area (Å²) in [7, 11) is 0. The molecule has 0 spiro atoms. The number of carbonyl (C=O) groups excluding carboxylic acids is 3. The molecule has 2 N–H and O–H groups in total. The smallest absolute Gasteiger partial charge is 0.363 e.